The molecular weight excluding hydrogens is 196 g/mol. The van der Waals surface area contributed by atoms with Crippen LogP contribution in [0.1, 0.15) is 13.8 Å². The van der Waals surface area contributed by atoms with Gasteiger partial charge in [0.15, 0.2) is 0 Å². The molecule has 3 nitrogen and oxygen atoms in total. The first-order chi connectivity index (χ1) is 6.66. The summed E-state index contributed by atoms with van der Waals surface area (Å²) in [6.45, 7) is 5.94. The lowest BCUT2D eigenvalue weighted by Crippen LogP contribution is -2.56. The van der Waals surface area contributed by atoms with Crippen LogP contribution in [0.2, 0.25) is 0 Å². The third kappa shape index (κ3) is 2.75. The quantitative estimate of drug-likeness (QED) is 0.698. The fourth-order valence-electron chi connectivity index (χ4n) is 1.78. The molecule has 1 aliphatic rings. The zero-order chi connectivity index (χ0) is 10.6. The molecular formula is C10H18N2OS. The number of hydrogen-bond donors (Lipinski definition) is 1. The third-order valence-electron chi connectivity index (χ3n) is 2.43. The van der Waals surface area contributed by atoms with Gasteiger partial charge in [0.25, 0.3) is 0 Å². The van der Waals surface area contributed by atoms with Crippen molar-refractivity contribution in [3.63, 3.8) is 0 Å². The van der Waals surface area contributed by atoms with E-state index in [1.807, 2.05) is 16.6 Å². The molecule has 0 aliphatic carbocycles. The minimum Gasteiger partial charge on any atom is -0.331 e. The number of amides is 1. The molecule has 4 heteroatoms. The highest BCUT2D eigenvalue weighted by Gasteiger charge is 2.26. The second-order valence-electron chi connectivity index (χ2n) is 3.64. The van der Waals surface area contributed by atoms with Crippen LogP contribution < -0.4 is 5.32 Å². The van der Waals surface area contributed by atoms with Gasteiger partial charge in [0, 0.05) is 31.2 Å². The molecule has 1 amide bonds. The molecule has 1 saturated heterocycles. The minimum atomic E-state index is 0.126. The maximum Gasteiger partial charge on any atom is 0.247 e. The molecule has 1 heterocycles. The van der Waals surface area contributed by atoms with Crippen LogP contribution in [0.25, 0.3) is 0 Å². The smallest absolute Gasteiger partial charge is 0.247 e. The van der Waals surface area contributed by atoms with Crippen LogP contribution in [0.15, 0.2) is 11.5 Å². The fraction of sp³-hybridized carbons (Fsp3) is 0.700. The van der Waals surface area contributed by atoms with Gasteiger partial charge in [-0.25, -0.2) is 0 Å². The van der Waals surface area contributed by atoms with E-state index in [4.69, 9.17) is 0 Å². The first-order valence-corrected chi connectivity index (χ1v) is 6.18. The Morgan fingerprint density at radius 2 is 2.00 bits per heavy atom. The monoisotopic (exact) mass is 214 g/mol. The van der Waals surface area contributed by atoms with Crippen LogP contribution >= 0.6 is 11.8 Å². The molecule has 2 atom stereocenters. The van der Waals surface area contributed by atoms with Gasteiger partial charge in [0.1, 0.15) is 0 Å². The Kier molecular flexibility index (Phi) is 4.48. The Balaban J connectivity index is 2.62. The van der Waals surface area contributed by atoms with E-state index < -0.39 is 0 Å². The summed E-state index contributed by atoms with van der Waals surface area (Å²) in [5.41, 5.74) is 0. The predicted octanol–water partition coefficient (Wildman–Crippen LogP) is 1.07. The van der Waals surface area contributed by atoms with Gasteiger partial charge >= 0.3 is 0 Å². The van der Waals surface area contributed by atoms with Gasteiger partial charge in [-0.15, -0.1) is 11.8 Å². The predicted molar refractivity (Wildman–Crippen MR) is 61.3 cm³/mol. The molecule has 0 saturated carbocycles. The van der Waals surface area contributed by atoms with Crippen molar-refractivity contribution in [1.29, 1.82) is 0 Å². The second-order valence-corrected chi connectivity index (χ2v) is 4.38. The highest BCUT2D eigenvalue weighted by molar-refractivity contribution is 8.01. The normalized spacial score (nSPS) is 28.4. The van der Waals surface area contributed by atoms with Gasteiger partial charge in [-0.05, 0) is 25.5 Å². The lowest BCUT2D eigenvalue weighted by molar-refractivity contribution is -0.131. The van der Waals surface area contributed by atoms with Crippen molar-refractivity contribution in [3.05, 3.63) is 11.5 Å². The van der Waals surface area contributed by atoms with Crippen molar-refractivity contribution >= 4 is 17.7 Å². The number of piperazine rings is 1. The summed E-state index contributed by atoms with van der Waals surface area (Å²) in [6, 6.07) is 0.579. The summed E-state index contributed by atoms with van der Waals surface area (Å²) in [6.07, 6.45) is 3.61. The Labute approximate surface area is 89.9 Å². The zero-order valence-electron chi connectivity index (χ0n) is 8.99. The van der Waals surface area contributed by atoms with Crippen LogP contribution in [0.4, 0.5) is 0 Å². The number of carbonyl (C=O) groups excluding carboxylic acids is 1. The average molecular weight is 214 g/mol. The number of carbonyl (C=O) groups is 1. The summed E-state index contributed by atoms with van der Waals surface area (Å²) in [5.74, 6) is 0.126. The lowest BCUT2D eigenvalue weighted by atomic mass is 10.1. The van der Waals surface area contributed by atoms with Crippen molar-refractivity contribution in [3.8, 4) is 0 Å². The molecule has 1 rings (SSSR count). The van der Waals surface area contributed by atoms with Crippen molar-refractivity contribution in [2.45, 2.75) is 25.9 Å². The van der Waals surface area contributed by atoms with Crippen molar-refractivity contribution < 1.29 is 4.79 Å². The van der Waals surface area contributed by atoms with Gasteiger partial charge in [-0.3, -0.25) is 4.79 Å². The molecule has 80 valence electrons. The van der Waals surface area contributed by atoms with Gasteiger partial charge < -0.3 is 10.2 Å². The molecule has 0 spiro atoms. The van der Waals surface area contributed by atoms with Crippen molar-refractivity contribution in [1.82, 2.24) is 10.2 Å². The Morgan fingerprint density at radius 1 is 1.43 bits per heavy atom. The molecule has 1 N–H and O–H groups in total. The largest absolute Gasteiger partial charge is 0.331 e. The summed E-state index contributed by atoms with van der Waals surface area (Å²) in [5, 5.41) is 5.14. The topological polar surface area (TPSA) is 32.3 Å². The Hall–Kier alpha value is -0.480. The molecule has 1 fully saturated rings. The summed E-state index contributed by atoms with van der Waals surface area (Å²) >= 11 is 1.55. The van der Waals surface area contributed by atoms with E-state index in [9.17, 15) is 4.79 Å². The van der Waals surface area contributed by atoms with Gasteiger partial charge in [0.05, 0.1) is 0 Å². The highest BCUT2D eigenvalue weighted by Crippen LogP contribution is 2.11. The average Bonchev–Trinajstić information content (AvgIpc) is 2.14. The maximum atomic E-state index is 11.8. The molecule has 1 aliphatic heterocycles. The molecule has 0 radical (unpaired) electrons. The molecule has 0 aromatic carbocycles. The van der Waals surface area contributed by atoms with E-state index in [0.717, 1.165) is 13.1 Å². The molecule has 0 aromatic rings. The molecule has 2 unspecified atom stereocenters. The van der Waals surface area contributed by atoms with E-state index in [-0.39, 0.29) is 18.0 Å². The first kappa shape index (κ1) is 11.6. The number of thioether (sulfide) groups is 1. The summed E-state index contributed by atoms with van der Waals surface area (Å²) < 4.78 is 0. The van der Waals surface area contributed by atoms with Crippen LogP contribution in [-0.2, 0) is 4.79 Å². The van der Waals surface area contributed by atoms with Gasteiger partial charge in [-0.2, -0.15) is 0 Å². The number of hydrogen-bond acceptors (Lipinski definition) is 3. The summed E-state index contributed by atoms with van der Waals surface area (Å²) in [4.78, 5) is 13.7. The van der Waals surface area contributed by atoms with E-state index in [1.54, 1.807) is 17.8 Å². The van der Waals surface area contributed by atoms with Crippen molar-refractivity contribution in [2.24, 2.45) is 0 Å². The first-order valence-electron chi connectivity index (χ1n) is 4.89. The van der Waals surface area contributed by atoms with Gasteiger partial charge in [-0.1, -0.05) is 0 Å². The van der Waals surface area contributed by atoms with Crippen LogP contribution in [0.3, 0.4) is 0 Å². The van der Waals surface area contributed by atoms with E-state index in [1.165, 1.54) is 0 Å². The third-order valence-corrected chi connectivity index (χ3v) is 2.84. The number of nitrogens with one attached hydrogen (secondary N) is 1. The van der Waals surface area contributed by atoms with Crippen LogP contribution in [-0.4, -0.2) is 42.2 Å². The van der Waals surface area contributed by atoms with Crippen LogP contribution in [0.5, 0.6) is 0 Å². The standard InChI is InChI=1S/C10H18N2OS/c1-8-6-11-7-9(2)12(8)10(13)4-5-14-3/h4-5,8-9,11H,6-7H2,1-3H3/b5-4+. The van der Waals surface area contributed by atoms with Crippen molar-refractivity contribution in [2.75, 3.05) is 19.3 Å². The van der Waals surface area contributed by atoms with E-state index in [2.05, 4.69) is 19.2 Å². The molecule has 0 bridgehead atoms. The second kappa shape index (κ2) is 5.41. The highest BCUT2D eigenvalue weighted by atomic mass is 32.2. The minimum absolute atomic E-state index is 0.126. The maximum absolute atomic E-state index is 11.8. The number of nitrogens with zero attached hydrogens (tertiary/aromatic N) is 1. The number of rotatable bonds is 2. The van der Waals surface area contributed by atoms with Crippen LogP contribution in [0, 0.1) is 0 Å². The van der Waals surface area contributed by atoms with E-state index >= 15 is 0 Å². The Morgan fingerprint density at radius 3 is 2.50 bits per heavy atom. The van der Waals surface area contributed by atoms with Gasteiger partial charge in [0.2, 0.25) is 5.91 Å². The SMILES string of the molecule is CS/C=C/C(=O)N1C(C)CNCC1C. The fourth-order valence-corrected chi connectivity index (χ4v) is 2.03. The van der Waals surface area contributed by atoms with E-state index in [0.29, 0.717) is 0 Å². The zero-order valence-corrected chi connectivity index (χ0v) is 9.80. The molecule has 14 heavy (non-hydrogen) atoms. The lowest BCUT2D eigenvalue weighted by Gasteiger charge is -2.38. The summed E-state index contributed by atoms with van der Waals surface area (Å²) in [7, 11) is 0. The Bertz CT molecular complexity index is 220. The molecule has 0 aromatic heterocycles.